The van der Waals surface area contributed by atoms with E-state index in [1.54, 1.807) is 6.20 Å². The zero-order chi connectivity index (χ0) is 15.3. The molecule has 0 radical (unpaired) electrons. The molecule has 0 unspecified atom stereocenters. The number of nitrogens with zero attached hydrogens (tertiary/aromatic N) is 5. The van der Waals surface area contributed by atoms with E-state index in [0.29, 0.717) is 13.1 Å². The van der Waals surface area contributed by atoms with Crippen LogP contribution in [0.5, 0.6) is 0 Å². The molecule has 0 amide bonds. The molecule has 2 aliphatic rings. The molecule has 116 valence electrons. The van der Waals surface area contributed by atoms with Crippen molar-refractivity contribution in [2.24, 2.45) is 5.92 Å². The van der Waals surface area contributed by atoms with Crippen molar-refractivity contribution in [1.82, 2.24) is 19.5 Å². The second-order valence-electron chi connectivity index (χ2n) is 6.21. The van der Waals surface area contributed by atoms with Crippen molar-refractivity contribution < 1.29 is 9.90 Å². The molecule has 1 N–H and O–H groups in total. The van der Waals surface area contributed by atoms with E-state index in [0.717, 1.165) is 43.1 Å². The normalized spacial score (nSPS) is 19.8. The highest BCUT2D eigenvalue weighted by molar-refractivity contribution is 5.75. The summed E-state index contributed by atoms with van der Waals surface area (Å²) in [6.45, 7) is 3.10. The van der Waals surface area contributed by atoms with Crippen molar-refractivity contribution >= 4 is 17.4 Å². The number of aliphatic carboxylic acids is 1. The van der Waals surface area contributed by atoms with E-state index >= 15 is 0 Å². The molecule has 4 heterocycles. The van der Waals surface area contributed by atoms with Crippen molar-refractivity contribution in [1.29, 1.82) is 0 Å². The number of carboxylic acid groups (broad SMARTS) is 1. The molecule has 4 rings (SSSR count). The third-order valence-corrected chi connectivity index (χ3v) is 4.70. The van der Waals surface area contributed by atoms with E-state index in [1.807, 2.05) is 10.6 Å². The minimum atomic E-state index is -0.715. The van der Waals surface area contributed by atoms with Crippen LogP contribution in [0.15, 0.2) is 12.3 Å². The first-order valence-corrected chi connectivity index (χ1v) is 7.65. The van der Waals surface area contributed by atoms with Gasteiger partial charge in [-0.05, 0) is 13.5 Å². The average molecular weight is 301 g/mol. The van der Waals surface area contributed by atoms with E-state index in [9.17, 15) is 4.79 Å². The van der Waals surface area contributed by atoms with E-state index in [2.05, 4.69) is 21.9 Å². The number of carboxylic acids is 1. The summed E-state index contributed by atoms with van der Waals surface area (Å²) >= 11 is 0. The third kappa shape index (κ3) is 2.04. The summed E-state index contributed by atoms with van der Waals surface area (Å²) in [5, 5.41) is 13.5. The molecule has 7 heteroatoms. The molecule has 2 aromatic rings. The number of rotatable bonds is 2. The summed E-state index contributed by atoms with van der Waals surface area (Å²) in [5.74, 6) is 0.0496. The molecule has 0 aliphatic carbocycles. The maximum atomic E-state index is 11.1. The molecule has 7 nitrogen and oxygen atoms in total. The van der Waals surface area contributed by atoms with Crippen LogP contribution in [0.25, 0.3) is 5.65 Å². The molecular formula is C15H19N5O2. The molecule has 2 aliphatic heterocycles. The first kappa shape index (κ1) is 13.5. The fraction of sp³-hybridized carbons (Fsp3) is 0.533. The van der Waals surface area contributed by atoms with Gasteiger partial charge in [-0.3, -0.25) is 4.79 Å². The molecule has 22 heavy (non-hydrogen) atoms. The van der Waals surface area contributed by atoms with E-state index in [1.165, 1.54) is 5.56 Å². The summed E-state index contributed by atoms with van der Waals surface area (Å²) in [6, 6.07) is 1.91. The summed E-state index contributed by atoms with van der Waals surface area (Å²) in [5.41, 5.74) is 3.20. The standard InChI is InChI=1S/C15H19N5O2/c1-18-6-3-11-12(4-7-18)17-13-2-5-16-20(13)14(11)19-8-10(9-19)15(21)22/h2,5,10H,3-4,6-9H2,1H3,(H,21,22). The summed E-state index contributed by atoms with van der Waals surface area (Å²) in [7, 11) is 2.13. The van der Waals surface area contributed by atoms with Gasteiger partial charge in [-0.2, -0.15) is 9.61 Å². The van der Waals surface area contributed by atoms with Gasteiger partial charge in [-0.25, -0.2) is 4.98 Å². The number of carbonyl (C=O) groups is 1. The number of likely N-dealkylation sites (N-methyl/N-ethyl adjacent to an activating group) is 1. The highest BCUT2D eigenvalue weighted by atomic mass is 16.4. The predicted octanol–water partition coefficient (Wildman–Crippen LogP) is 0.280. The van der Waals surface area contributed by atoms with Gasteiger partial charge in [0.25, 0.3) is 0 Å². The molecule has 0 bridgehead atoms. The predicted molar refractivity (Wildman–Crippen MR) is 81.2 cm³/mol. The highest BCUT2D eigenvalue weighted by Gasteiger charge is 2.36. The third-order valence-electron chi connectivity index (χ3n) is 4.70. The molecule has 1 fully saturated rings. The first-order valence-electron chi connectivity index (χ1n) is 7.65. The number of anilines is 1. The molecule has 0 saturated carbocycles. The minimum absolute atomic E-state index is 0.275. The van der Waals surface area contributed by atoms with Gasteiger partial charge in [-0.15, -0.1) is 0 Å². The lowest BCUT2D eigenvalue weighted by molar-refractivity contribution is -0.142. The van der Waals surface area contributed by atoms with Crippen molar-refractivity contribution in [2.75, 3.05) is 38.1 Å². The Morgan fingerprint density at radius 2 is 2.09 bits per heavy atom. The Hall–Kier alpha value is -2.15. The van der Waals surface area contributed by atoms with E-state index in [-0.39, 0.29) is 5.92 Å². The fourth-order valence-electron chi connectivity index (χ4n) is 3.31. The van der Waals surface area contributed by atoms with Gasteiger partial charge < -0.3 is 14.9 Å². The Labute approximate surface area is 128 Å². The smallest absolute Gasteiger partial charge is 0.310 e. The van der Waals surface area contributed by atoms with Crippen molar-refractivity contribution in [3.8, 4) is 0 Å². The summed E-state index contributed by atoms with van der Waals surface area (Å²) in [6.07, 6.45) is 3.61. The second kappa shape index (κ2) is 4.95. The van der Waals surface area contributed by atoms with Crippen LogP contribution in [0.3, 0.4) is 0 Å². The largest absolute Gasteiger partial charge is 0.481 e. The van der Waals surface area contributed by atoms with Gasteiger partial charge in [0.1, 0.15) is 5.82 Å². The van der Waals surface area contributed by atoms with Crippen molar-refractivity contribution in [2.45, 2.75) is 12.8 Å². The second-order valence-corrected chi connectivity index (χ2v) is 6.21. The monoisotopic (exact) mass is 301 g/mol. The molecule has 1 saturated heterocycles. The van der Waals surface area contributed by atoms with Crippen LogP contribution in [-0.2, 0) is 17.6 Å². The SMILES string of the molecule is CN1CCc2nc3ccnn3c(N3CC(C(=O)O)C3)c2CC1. The van der Waals surface area contributed by atoms with Crippen molar-refractivity contribution in [3.05, 3.63) is 23.5 Å². The van der Waals surface area contributed by atoms with Gasteiger partial charge in [0.2, 0.25) is 0 Å². The summed E-state index contributed by atoms with van der Waals surface area (Å²) in [4.78, 5) is 20.3. The topological polar surface area (TPSA) is 74.0 Å². The van der Waals surface area contributed by atoms with Gasteiger partial charge in [0.05, 0.1) is 17.8 Å². The molecular weight excluding hydrogens is 282 g/mol. The Morgan fingerprint density at radius 1 is 1.32 bits per heavy atom. The molecule has 2 aromatic heterocycles. The van der Waals surface area contributed by atoms with Gasteiger partial charge in [0.15, 0.2) is 5.65 Å². The van der Waals surface area contributed by atoms with Crippen LogP contribution >= 0.6 is 0 Å². The van der Waals surface area contributed by atoms with Crippen molar-refractivity contribution in [3.63, 3.8) is 0 Å². The Kier molecular flexibility index (Phi) is 3.04. The number of hydrogen-bond donors (Lipinski definition) is 1. The van der Waals surface area contributed by atoms with Crippen LogP contribution in [0.1, 0.15) is 11.3 Å². The average Bonchev–Trinajstić information content (AvgIpc) is 2.81. The lowest BCUT2D eigenvalue weighted by Gasteiger charge is -2.39. The Morgan fingerprint density at radius 3 is 2.86 bits per heavy atom. The van der Waals surface area contributed by atoms with E-state index < -0.39 is 5.97 Å². The molecule has 0 aromatic carbocycles. The number of aromatic nitrogens is 3. The lowest BCUT2D eigenvalue weighted by atomic mass is 9.98. The maximum absolute atomic E-state index is 11.1. The van der Waals surface area contributed by atoms with Crippen LogP contribution in [0.2, 0.25) is 0 Å². The summed E-state index contributed by atoms with van der Waals surface area (Å²) < 4.78 is 1.86. The quantitative estimate of drug-likeness (QED) is 0.859. The molecule has 0 atom stereocenters. The lowest BCUT2D eigenvalue weighted by Crippen LogP contribution is -2.51. The zero-order valence-corrected chi connectivity index (χ0v) is 12.6. The Bertz CT molecular complexity index is 735. The van der Waals surface area contributed by atoms with Gasteiger partial charge in [-0.1, -0.05) is 0 Å². The van der Waals surface area contributed by atoms with Gasteiger partial charge in [0, 0.05) is 44.2 Å². The molecule has 0 spiro atoms. The van der Waals surface area contributed by atoms with Crippen LogP contribution in [0.4, 0.5) is 5.82 Å². The minimum Gasteiger partial charge on any atom is -0.481 e. The maximum Gasteiger partial charge on any atom is 0.310 e. The van der Waals surface area contributed by atoms with E-state index in [4.69, 9.17) is 10.1 Å². The number of fused-ring (bicyclic) bond motifs is 2. The number of hydrogen-bond acceptors (Lipinski definition) is 5. The first-order chi connectivity index (χ1) is 10.6. The van der Waals surface area contributed by atoms with Crippen LogP contribution in [-0.4, -0.2) is 63.8 Å². The van der Waals surface area contributed by atoms with Crippen LogP contribution < -0.4 is 4.90 Å². The van der Waals surface area contributed by atoms with Crippen LogP contribution in [0, 0.1) is 5.92 Å². The highest BCUT2D eigenvalue weighted by Crippen LogP contribution is 2.31. The fourth-order valence-corrected chi connectivity index (χ4v) is 3.31. The Balaban J connectivity index is 1.79. The zero-order valence-electron chi connectivity index (χ0n) is 12.6. The van der Waals surface area contributed by atoms with Gasteiger partial charge >= 0.3 is 5.97 Å².